The zero-order valence-corrected chi connectivity index (χ0v) is 14.2. The van der Waals surface area contributed by atoms with Gasteiger partial charge in [0, 0.05) is 36.7 Å². The maximum Gasteiger partial charge on any atom is 0.126 e. The molecule has 7 heteroatoms. The highest BCUT2D eigenvalue weighted by Gasteiger charge is 2.08. The van der Waals surface area contributed by atoms with Crippen LogP contribution < -0.4 is 10.1 Å². The third-order valence-corrected chi connectivity index (χ3v) is 4.77. The summed E-state index contributed by atoms with van der Waals surface area (Å²) in [6, 6.07) is 9.76. The van der Waals surface area contributed by atoms with Crippen LogP contribution >= 0.6 is 23.5 Å². The van der Waals surface area contributed by atoms with Crippen LogP contribution in [0.5, 0.6) is 5.75 Å². The highest BCUT2D eigenvalue weighted by Crippen LogP contribution is 2.32. The Morgan fingerprint density at radius 3 is 2.96 bits per heavy atom. The molecule has 2 heterocycles. The van der Waals surface area contributed by atoms with Crippen molar-refractivity contribution >= 4 is 39.5 Å². The van der Waals surface area contributed by atoms with Crippen LogP contribution in [0.4, 0.5) is 9.70 Å². The molecule has 0 saturated carbocycles. The summed E-state index contributed by atoms with van der Waals surface area (Å²) in [5.41, 5.74) is 1.93. The number of nitrogens with zero attached hydrogens (tertiary/aromatic N) is 2. The highest BCUT2D eigenvalue weighted by molar-refractivity contribution is 7.94. The molecule has 4 nitrogen and oxygen atoms in total. The Kier molecular flexibility index (Phi) is 5.30. The van der Waals surface area contributed by atoms with Crippen molar-refractivity contribution in [1.29, 1.82) is 0 Å². The van der Waals surface area contributed by atoms with Crippen LogP contribution in [-0.4, -0.2) is 29.4 Å². The fourth-order valence-corrected chi connectivity index (χ4v) is 3.30. The summed E-state index contributed by atoms with van der Waals surface area (Å²) in [5, 5.41) is 3.93. The molecule has 0 radical (unpaired) electrons. The van der Waals surface area contributed by atoms with Gasteiger partial charge in [-0.3, -0.25) is 0 Å². The number of pyridine rings is 1. The lowest BCUT2D eigenvalue weighted by Crippen LogP contribution is -1.97. The molecule has 0 amide bonds. The van der Waals surface area contributed by atoms with Crippen molar-refractivity contribution in [3.63, 3.8) is 0 Å². The summed E-state index contributed by atoms with van der Waals surface area (Å²) in [5.74, 6) is 2.08. The van der Waals surface area contributed by atoms with Gasteiger partial charge in [-0.05, 0) is 36.8 Å². The van der Waals surface area contributed by atoms with Crippen molar-refractivity contribution in [2.45, 2.75) is 6.42 Å². The Hall–Kier alpha value is -1.86. The summed E-state index contributed by atoms with van der Waals surface area (Å²) < 4.78 is 18.7. The van der Waals surface area contributed by atoms with E-state index in [1.165, 1.54) is 0 Å². The minimum atomic E-state index is 0.344. The SMILES string of the molecule is CNc1ccc(-c2nc3ccc(OCCCSF)cc3s2)cn1. The molecule has 0 saturated heterocycles. The first-order chi connectivity index (χ1) is 11.3. The Labute approximate surface area is 142 Å². The minimum Gasteiger partial charge on any atom is -0.494 e. The molecule has 0 aliphatic rings. The van der Waals surface area contributed by atoms with Crippen molar-refractivity contribution in [1.82, 2.24) is 9.97 Å². The molecule has 23 heavy (non-hydrogen) atoms. The van der Waals surface area contributed by atoms with Crippen molar-refractivity contribution in [2.24, 2.45) is 0 Å². The van der Waals surface area contributed by atoms with Crippen molar-refractivity contribution in [3.8, 4) is 16.3 Å². The number of thiazole rings is 1. The molecule has 0 aliphatic carbocycles. The third kappa shape index (κ3) is 3.92. The van der Waals surface area contributed by atoms with E-state index in [9.17, 15) is 3.89 Å². The Bertz CT molecular complexity index is 777. The molecule has 2 aromatic heterocycles. The van der Waals surface area contributed by atoms with E-state index in [1.54, 1.807) is 11.3 Å². The second-order valence-corrected chi connectivity index (χ2v) is 6.50. The largest absolute Gasteiger partial charge is 0.494 e. The zero-order chi connectivity index (χ0) is 16.1. The molecule has 0 fully saturated rings. The summed E-state index contributed by atoms with van der Waals surface area (Å²) >= 11 is 1.95. The lowest BCUT2D eigenvalue weighted by molar-refractivity contribution is 0.319. The first-order valence-corrected chi connectivity index (χ1v) is 8.91. The molecule has 0 aliphatic heterocycles. The highest BCUT2D eigenvalue weighted by atomic mass is 32.2. The van der Waals surface area contributed by atoms with Gasteiger partial charge >= 0.3 is 0 Å². The molecule has 1 N–H and O–H groups in total. The van der Waals surface area contributed by atoms with Gasteiger partial charge in [0.2, 0.25) is 0 Å². The van der Waals surface area contributed by atoms with Crippen LogP contribution in [0.3, 0.4) is 0 Å². The van der Waals surface area contributed by atoms with Gasteiger partial charge in [-0.2, -0.15) is 3.89 Å². The molecular formula is C16H16FN3OS2. The number of hydrogen-bond acceptors (Lipinski definition) is 6. The number of nitrogens with one attached hydrogen (secondary N) is 1. The van der Waals surface area contributed by atoms with E-state index in [0.29, 0.717) is 30.9 Å². The van der Waals surface area contributed by atoms with Crippen LogP contribution in [0, 0.1) is 0 Å². The van der Waals surface area contributed by atoms with Gasteiger partial charge in [0.05, 0.1) is 16.8 Å². The normalized spacial score (nSPS) is 10.9. The van der Waals surface area contributed by atoms with Gasteiger partial charge in [0.15, 0.2) is 0 Å². The molecule has 0 bridgehead atoms. The molecule has 3 rings (SSSR count). The summed E-state index contributed by atoms with van der Waals surface area (Å²) in [7, 11) is 1.84. The topological polar surface area (TPSA) is 47.0 Å². The van der Waals surface area contributed by atoms with E-state index >= 15 is 0 Å². The number of halogens is 1. The Morgan fingerprint density at radius 1 is 1.30 bits per heavy atom. The first-order valence-electron chi connectivity index (χ1n) is 7.21. The fraction of sp³-hybridized carbons (Fsp3) is 0.250. The number of hydrogen-bond donors (Lipinski definition) is 1. The van der Waals surface area contributed by atoms with Gasteiger partial charge in [-0.1, -0.05) is 0 Å². The average molecular weight is 349 g/mol. The summed E-state index contributed by atoms with van der Waals surface area (Å²) in [6.07, 6.45) is 2.51. The smallest absolute Gasteiger partial charge is 0.126 e. The standard InChI is InChI=1S/C16H16FN3OS2/c1-18-15-6-3-11(10-19-15)16-20-13-5-4-12(9-14(13)23-16)21-7-2-8-22-17/h3-6,9-10H,2,7-8H2,1H3,(H,18,19). The van der Waals surface area contributed by atoms with Crippen molar-refractivity contribution in [3.05, 3.63) is 36.5 Å². The third-order valence-electron chi connectivity index (χ3n) is 3.26. The quantitative estimate of drug-likeness (QED) is 0.622. The second-order valence-electron chi connectivity index (χ2n) is 4.85. The average Bonchev–Trinajstić information content (AvgIpc) is 3.02. The maximum absolute atomic E-state index is 12.0. The van der Waals surface area contributed by atoms with E-state index < -0.39 is 0 Å². The van der Waals surface area contributed by atoms with Gasteiger partial charge in [0.1, 0.15) is 16.6 Å². The maximum atomic E-state index is 12.0. The number of rotatable bonds is 7. The van der Waals surface area contributed by atoms with Crippen LogP contribution in [0.15, 0.2) is 36.5 Å². The number of benzene rings is 1. The van der Waals surface area contributed by atoms with Crippen LogP contribution in [0.25, 0.3) is 20.8 Å². The lowest BCUT2D eigenvalue weighted by atomic mass is 10.3. The molecule has 1 aromatic carbocycles. The van der Waals surface area contributed by atoms with Gasteiger partial charge in [-0.15, -0.1) is 11.3 Å². The van der Waals surface area contributed by atoms with Gasteiger partial charge < -0.3 is 10.1 Å². The van der Waals surface area contributed by atoms with Crippen molar-refractivity contribution < 1.29 is 8.62 Å². The van der Waals surface area contributed by atoms with E-state index in [1.807, 2.05) is 43.6 Å². The van der Waals surface area contributed by atoms with Crippen LogP contribution in [-0.2, 0) is 0 Å². The van der Waals surface area contributed by atoms with Gasteiger partial charge in [0.25, 0.3) is 0 Å². The van der Waals surface area contributed by atoms with Crippen LogP contribution in [0.2, 0.25) is 0 Å². The van der Waals surface area contributed by atoms with Crippen molar-refractivity contribution in [2.75, 3.05) is 24.7 Å². The number of fused-ring (bicyclic) bond motifs is 1. The Morgan fingerprint density at radius 2 is 2.22 bits per heavy atom. The van der Waals surface area contributed by atoms with E-state index in [4.69, 9.17) is 4.74 Å². The van der Waals surface area contributed by atoms with E-state index in [2.05, 4.69) is 15.3 Å². The first kappa shape index (κ1) is 16.0. The lowest BCUT2D eigenvalue weighted by Gasteiger charge is -2.04. The number of ether oxygens (including phenoxy) is 1. The fourth-order valence-electron chi connectivity index (χ4n) is 2.09. The van der Waals surface area contributed by atoms with Gasteiger partial charge in [-0.25, -0.2) is 9.97 Å². The van der Waals surface area contributed by atoms with Crippen LogP contribution in [0.1, 0.15) is 6.42 Å². The number of anilines is 1. The minimum absolute atomic E-state index is 0.344. The molecular weight excluding hydrogens is 333 g/mol. The molecule has 3 aromatic rings. The Balaban J connectivity index is 1.78. The predicted octanol–water partition coefficient (Wildman–Crippen LogP) is 4.79. The predicted molar refractivity (Wildman–Crippen MR) is 96.1 cm³/mol. The van der Waals surface area contributed by atoms with E-state index in [-0.39, 0.29) is 0 Å². The molecule has 0 atom stereocenters. The zero-order valence-electron chi connectivity index (χ0n) is 12.6. The molecule has 0 spiro atoms. The monoisotopic (exact) mass is 349 g/mol. The summed E-state index contributed by atoms with van der Waals surface area (Å²) in [4.78, 5) is 8.96. The molecule has 0 unspecified atom stereocenters. The summed E-state index contributed by atoms with van der Waals surface area (Å²) in [6.45, 7) is 0.517. The van der Waals surface area contributed by atoms with E-state index in [0.717, 1.165) is 32.4 Å². The second kappa shape index (κ2) is 7.61. The number of aromatic nitrogens is 2. The molecule has 120 valence electrons.